The van der Waals surface area contributed by atoms with E-state index in [1.807, 2.05) is 13.8 Å². The number of anilines is 1. The van der Waals surface area contributed by atoms with E-state index in [2.05, 4.69) is 20.6 Å². The molecule has 0 saturated carbocycles. The number of carbonyl (C=O) groups is 4. The van der Waals surface area contributed by atoms with Crippen molar-refractivity contribution < 1.29 is 23.9 Å². The highest BCUT2D eigenvalue weighted by Crippen LogP contribution is 2.46. The van der Waals surface area contributed by atoms with Crippen molar-refractivity contribution in [2.75, 3.05) is 18.9 Å². The molecule has 5 rings (SSSR count). The molecular weight excluding hydrogens is 464 g/mol. The lowest BCUT2D eigenvalue weighted by Crippen LogP contribution is -2.46. The minimum atomic E-state index is -1.45. The molecule has 2 aliphatic heterocycles. The average Bonchev–Trinajstić information content (AvgIpc) is 3.49. The van der Waals surface area contributed by atoms with E-state index >= 15 is 0 Å². The number of urea groups is 1. The van der Waals surface area contributed by atoms with Gasteiger partial charge in [0, 0.05) is 37.0 Å². The van der Waals surface area contributed by atoms with Gasteiger partial charge >= 0.3 is 12.1 Å². The van der Waals surface area contributed by atoms with Crippen LogP contribution in [0, 0.1) is 6.92 Å². The van der Waals surface area contributed by atoms with E-state index in [0.29, 0.717) is 23.4 Å². The molecule has 0 radical (unpaired) electrons. The fraction of sp³-hybridized carbons (Fsp3) is 0.440. The van der Waals surface area contributed by atoms with Gasteiger partial charge in [-0.25, -0.2) is 14.5 Å². The lowest BCUT2D eigenvalue weighted by molar-refractivity contribution is -0.143. The summed E-state index contributed by atoms with van der Waals surface area (Å²) in [7, 11) is 1.52. The fourth-order valence-corrected chi connectivity index (χ4v) is 5.41. The second-order valence-electron chi connectivity index (χ2n) is 9.49. The number of benzene rings is 1. The fourth-order valence-electron chi connectivity index (χ4n) is 5.41. The number of aryl methyl sites for hydroxylation is 2. The van der Waals surface area contributed by atoms with Gasteiger partial charge in [-0.15, -0.1) is 0 Å². The molecule has 188 valence electrons. The van der Waals surface area contributed by atoms with Crippen LogP contribution in [0.3, 0.4) is 0 Å². The van der Waals surface area contributed by atoms with Crippen molar-refractivity contribution in [3.05, 3.63) is 53.1 Å². The SMILES string of the molecule is CNC(=O)Nc1ccc2c(c1)CCC21OC(=O)N(CC(=O)N2C(C)CCC2c2cnc(C)cn2)C1=O. The Labute approximate surface area is 208 Å². The standard InChI is InChI=1S/C25H28N6O5/c1-14-11-28-19(12-27-14)20-7-4-15(2)31(20)21(32)13-30-22(33)25(36-24(30)35)9-8-16-10-17(5-6-18(16)25)29-23(34)26-3/h5-6,10-12,15,20H,4,7-9,13H2,1-3H3,(H2,26,29,34). The summed E-state index contributed by atoms with van der Waals surface area (Å²) in [6, 6.07) is 4.44. The number of hydrogen-bond donors (Lipinski definition) is 2. The molecule has 3 aliphatic rings. The number of nitrogens with one attached hydrogen (secondary N) is 2. The maximum absolute atomic E-state index is 13.5. The molecule has 1 spiro atoms. The zero-order valence-electron chi connectivity index (χ0n) is 20.4. The normalized spacial score (nSPS) is 24.8. The first-order chi connectivity index (χ1) is 17.2. The van der Waals surface area contributed by atoms with Crippen LogP contribution in [0.2, 0.25) is 0 Å². The number of imide groups is 1. The summed E-state index contributed by atoms with van der Waals surface area (Å²) in [5, 5.41) is 5.18. The molecule has 2 fully saturated rings. The van der Waals surface area contributed by atoms with Crippen LogP contribution in [-0.2, 0) is 26.3 Å². The Hall–Kier alpha value is -4.02. The number of amides is 5. The Kier molecular flexibility index (Phi) is 5.85. The van der Waals surface area contributed by atoms with Gasteiger partial charge in [-0.1, -0.05) is 6.07 Å². The predicted molar refractivity (Wildman–Crippen MR) is 128 cm³/mol. The zero-order valence-corrected chi connectivity index (χ0v) is 20.4. The van der Waals surface area contributed by atoms with Crippen molar-refractivity contribution in [1.29, 1.82) is 0 Å². The van der Waals surface area contributed by atoms with E-state index in [-0.39, 0.29) is 30.4 Å². The van der Waals surface area contributed by atoms with E-state index in [9.17, 15) is 19.2 Å². The van der Waals surface area contributed by atoms with E-state index in [1.54, 1.807) is 35.5 Å². The van der Waals surface area contributed by atoms with Crippen LogP contribution >= 0.6 is 0 Å². The summed E-state index contributed by atoms with van der Waals surface area (Å²) < 4.78 is 5.66. The molecule has 0 bridgehead atoms. The van der Waals surface area contributed by atoms with Crippen LogP contribution in [0.5, 0.6) is 0 Å². The molecule has 11 nitrogen and oxygen atoms in total. The minimum absolute atomic E-state index is 0.0632. The Bertz CT molecular complexity index is 1250. The smallest absolute Gasteiger partial charge is 0.418 e. The third-order valence-electron chi connectivity index (χ3n) is 7.24. The van der Waals surface area contributed by atoms with E-state index < -0.39 is 24.1 Å². The lowest BCUT2D eigenvalue weighted by atomic mass is 9.94. The van der Waals surface area contributed by atoms with Gasteiger partial charge in [0.2, 0.25) is 11.5 Å². The quantitative estimate of drug-likeness (QED) is 0.669. The predicted octanol–water partition coefficient (Wildman–Crippen LogP) is 2.41. The zero-order chi connectivity index (χ0) is 25.6. The number of ether oxygens (including phenoxy) is 1. The molecule has 11 heteroatoms. The topological polar surface area (TPSA) is 134 Å². The van der Waals surface area contributed by atoms with Crippen LogP contribution in [0.1, 0.15) is 54.7 Å². The highest BCUT2D eigenvalue weighted by molar-refractivity contribution is 6.06. The average molecular weight is 493 g/mol. The minimum Gasteiger partial charge on any atom is -0.427 e. The molecule has 2 saturated heterocycles. The molecule has 1 aromatic heterocycles. The monoisotopic (exact) mass is 492 g/mol. The molecule has 3 unspecified atom stereocenters. The van der Waals surface area contributed by atoms with Gasteiger partial charge in [0.15, 0.2) is 0 Å². The first-order valence-corrected chi connectivity index (χ1v) is 12.0. The van der Waals surface area contributed by atoms with E-state index in [4.69, 9.17) is 4.74 Å². The number of hydrogen-bond acceptors (Lipinski definition) is 7. The molecule has 5 amide bonds. The Morgan fingerprint density at radius 3 is 2.72 bits per heavy atom. The van der Waals surface area contributed by atoms with Crippen LogP contribution in [0.4, 0.5) is 15.3 Å². The lowest BCUT2D eigenvalue weighted by Gasteiger charge is -2.29. The van der Waals surface area contributed by atoms with E-state index in [1.165, 1.54) is 7.05 Å². The van der Waals surface area contributed by atoms with Gasteiger partial charge in [-0.05, 0) is 50.8 Å². The van der Waals surface area contributed by atoms with Crippen LogP contribution in [-0.4, -0.2) is 63.3 Å². The Balaban J connectivity index is 1.35. The first-order valence-electron chi connectivity index (χ1n) is 12.0. The Morgan fingerprint density at radius 1 is 1.19 bits per heavy atom. The molecule has 2 N–H and O–H groups in total. The highest BCUT2D eigenvalue weighted by atomic mass is 16.6. The van der Waals surface area contributed by atoms with Crippen LogP contribution in [0.25, 0.3) is 0 Å². The Morgan fingerprint density at radius 2 is 2.00 bits per heavy atom. The van der Waals surface area contributed by atoms with Crippen molar-refractivity contribution in [3.63, 3.8) is 0 Å². The van der Waals surface area contributed by atoms with Gasteiger partial charge < -0.3 is 20.3 Å². The molecule has 1 aromatic carbocycles. The van der Waals surface area contributed by atoms with Crippen molar-refractivity contribution in [3.8, 4) is 0 Å². The molecular formula is C25H28N6O5. The number of rotatable bonds is 4. The van der Waals surface area contributed by atoms with Gasteiger partial charge in [0.05, 0.1) is 23.6 Å². The van der Waals surface area contributed by atoms with Gasteiger partial charge in [0.1, 0.15) is 6.54 Å². The molecule has 36 heavy (non-hydrogen) atoms. The number of nitrogens with zero attached hydrogens (tertiary/aromatic N) is 4. The first kappa shape index (κ1) is 23.7. The molecule has 3 heterocycles. The third-order valence-corrected chi connectivity index (χ3v) is 7.24. The molecule has 1 aliphatic carbocycles. The second-order valence-corrected chi connectivity index (χ2v) is 9.49. The molecule has 3 atom stereocenters. The highest BCUT2D eigenvalue weighted by Gasteiger charge is 2.58. The molecule has 2 aromatic rings. The summed E-state index contributed by atoms with van der Waals surface area (Å²) in [5.41, 5.74) is 1.99. The van der Waals surface area contributed by atoms with E-state index in [0.717, 1.165) is 29.0 Å². The van der Waals surface area contributed by atoms with Gasteiger partial charge in [-0.2, -0.15) is 0 Å². The van der Waals surface area contributed by atoms with Gasteiger partial charge in [0.25, 0.3) is 5.91 Å². The second kappa shape index (κ2) is 8.89. The number of aromatic nitrogens is 2. The largest absolute Gasteiger partial charge is 0.427 e. The number of likely N-dealkylation sites (tertiary alicyclic amines) is 1. The van der Waals surface area contributed by atoms with Gasteiger partial charge in [-0.3, -0.25) is 19.6 Å². The van der Waals surface area contributed by atoms with Crippen molar-refractivity contribution in [2.24, 2.45) is 0 Å². The summed E-state index contributed by atoms with van der Waals surface area (Å²) in [4.78, 5) is 62.8. The number of fused-ring (bicyclic) bond motifs is 2. The third kappa shape index (κ3) is 3.84. The summed E-state index contributed by atoms with van der Waals surface area (Å²) in [6.07, 6.45) is 4.80. The summed E-state index contributed by atoms with van der Waals surface area (Å²) in [5.74, 6) is -0.872. The van der Waals surface area contributed by atoms with Crippen molar-refractivity contribution in [1.82, 2.24) is 25.1 Å². The van der Waals surface area contributed by atoms with Crippen LogP contribution in [0.15, 0.2) is 30.6 Å². The maximum atomic E-state index is 13.5. The van der Waals surface area contributed by atoms with Crippen molar-refractivity contribution in [2.45, 2.75) is 57.2 Å². The summed E-state index contributed by atoms with van der Waals surface area (Å²) in [6.45, 7) is 3.39. The summed E-state index contributed by atoms with van der Waals surface area (Å²) >= 11 is 0. The van der Waals surface area contributed by atoms with Crippen molar-refractivity contribution >= 4 is 29.6 Å². The number of carbonyl (C=O) groups excluding carboxylic acids is 4. The van der Waals surface area contributed by atoms with Crippen LogP contribution < -0.4 is 10.6 Å². The maximum Gasteiger partial charge on any atom is 0.418 e.